The van der Waals surface area contributed by atoms with Crippen molar-refractivity contribution in [3.05, 3.63) is 0 Å². The molecule has 0 saturated carbocycles. The Morgan fingerprint density at radius 1 is 0.905 bits per heavy atom. The number of carbonyl (C=O) groups is 1. The molecule has 3 heteroatoms. The molecule has 0 radical (unpaired) electrons. The van der Waals surface area contributed by atoms with E-state index in [9.17, 15) is 4.79 Å². The SMILES string of the molecule is CCCN(CCC)CCC(C)(C)C(=O)OCCC(C)(C)C. The van der Waals surface area contributed by atoms with Crippen LogP contribution in [0.1, 0.15) is 74.1 Å². The van der Waals surface area contributed by atoms with Crippen LogP contribution >= 0.6 is 0 Å². The van der Waals surface area contributed by atoms with Crippen molar-refractivity contribution in [3.8, 4) is 0 Å². The molecule has 0 aromatic carbocycles. The van der Waals surface area contributed by atoms with E-state index in [2.05, 4.69) is 39.5 Å². The molecule has 0 aliphatic carbocycles. The zero-order valence-electron chi connectivity index (χ0n) is 15.4. The van der Waals surface area contributed by atoms with Gasteiger partial charge in [-0.1, -0.05) is 34.6 Å². The van der Waals surface area contributed by atoms with Gasteiger partial charge in [-0.25, -0.2) is 0 Å². The predicted molar refractivity (Wildman–Crippen MR) is 90.5 cm³/mol. The highest BCUT2D eigenvalue weighted by molar-refractivity contribution is 5.75. The lowest BCUT2D eigenvalue weighted by molar-refractivity contribution is -0.155. The van der Waals surface area contributed by atoms with E-state index in [0.29, 0.717) is 6.61 Å². The first-order chi connectivity index (χ1) is 9.62. The van der Waals surface area contributed by atoms with Gasteiger partial charge < -0.3 is 9.64 Å². The fraction of sp³-hybridized carbons (Fsp3) is 0.944. The molecule has 0 unspecified atom stereocenters. The van der Waals surface area contributed by atoms with Gasteiger partial charge in [-0.15, -0.1) is 0 Å². The van der Waals surface area contributed by atoms with Crippen molar-refractivity contribution in [2.45, 2.75) is 74.1 Å². The lowest BCUT2D eigenvalue weighted by Crippen LogP contribution is -2.34. The summed E-state index contributed by atoms with van der Waals surface area (Å²) in [6, 6.07) is 0. The number of esters is 1. The number of rotatable bonds is 10. The molecule has 0 aliphatic rings. The third-order valence-electron chi connectivity index (χ3n) is 3.77. The molecule has 126 valence electrons. The van der Waals surface area contributed by atoms with E-state index < -0.39 is 5.41 Å². The Bertz CT molecular complexity index is 286. The van der Waals surface area contributed by atoms with Crippen LogP contribution in [0.4, 0.5) is 0 Å². The van der Waals surface area contributed by atoms with Gasteiger partial charge in [-0.2, -0.15) is 0 Å². The van der Waals surface area contributed by atoms with E-state index >= 15 is 0 Å². The molecule has 0 aliphatic heterocycles. The Balaban J connectivity index is 4.23. The zero-order chi connectivity index (χ0) is 16.5. The fourth-order valence-corrected chi connectivity index (χ4v) is 2.15. The van der Waals surface area contributed by atoms with Crippen molar-refractivity contribution in [1.82, 2.24) is 4.90 Å². The van der Waals surface area contributed by atoms with Crippen LogP contribution < -0.4 is 0 Å². The van der Waals surface area contributed by atoms with E-state index in [1.54, 1.807) is 0 Å². The molecule has 0 aromatic heterocycles. The van der Waals surface area contributed by atoms with Gasteiger partial charge in [0.25, 0.3) is 0 Å². The van der Waals surface area contributed by atoms with Crippen LogP contribution in [0.25, 0.3) is 0 Å². The molecule has 0 N–H and O–H groups in total. The summed E-state index contributed by atoms with van der Waals surface area (Å²) in [5.41, 5.74) is -0.179. The Morgan fingerprint density at radius 3 is 1.86 bits per heavy atom. The minimum atomic E-state index is -0.391. The second-order valence-corrected chi connectivity index (χ2v) is 7.92. The predicted octanol–water partition coefficient (Wildman–Crippen LogP) is 4.50. The molecule has 3 nitrogen and oxygen atoms in total. The molecule has 0 fully saturated rings. The van der Waals surface area contributed by atoms with Crippen molar-refractivity contribution >= 4 is 5.97 Å². The van der Waals surface area contributed by atoms with E-state index in [4.69, 9.17) is 4.74 Å². The highest BCUT2D eigenvalue weighted by Gasteiger charge is 2.29. The van der Waals surface area contributed by atoms with Crippen LogP contribution in [0.2, 0.25) is 0 Å². The van der Waals surface area contributed by atoms with Gasteiger partial charge >= 0.3 is 5.97 Å². The molecule has 0 heterocycles. The van der Waals surface area contributed by atoms with Crippen LogP contribution in [0.3, 0.4) is 0 Å². The third kappa shape index (κ3) is 9.89. The Labute approximate surface area is 132 Å². The quantitative estimate of drug-likeness (QED) is 0.556. The zero-order valence-corrected chi connectivity index (χ0v) is 15.4. The summed E-state index contributed by atoms with van der Waals surface area (Å²) in [5.74, 6) is -0.0558. The largest absolute Gasteiger partial charge is 0.465 e. The molecule has 0 bridgehead atoms. The smallest absolute Gasteiger partial charge is 0.311 e. The highest BCUT2D eigenvalue weighted by Crippen LogP contribution is 2.24. The Kier molecular flexibility index (Phi) is 9.19. The van der Waals surface area contributed by atoms with E-state index in [1.165, 1.54) is 0 Å². The van der Waals surface area contributed by atoms with E-state index in [-0.39, 0.29) is 11.4 Å². The fourth-order valence-electron chi connectivity index (χ4n) is 2.15. The number of nitrogens with zero attached hydrogens (tertiary/aromatic N) is 1. The Morgan fingerprint density at radius 2 is 1.43 bits per heavy atom. The van der Waals surface area contributed by atoms with Gasteiger partial charge in [0.2, 0.25) is 0 Å². The average Bonchev–Trinajstić information content (AvgIpc) is 2.35. The first-order valence-electron chi connectivity index (χ1n) is 8.52. The Hall–Kier alpha value is -0.570. The minimum absolute atomic E-state index is 0.0558. The molecule has 21 heavy (non-hydrogen) atoms. The van der Waals surface area contributed by atoms with Crippen molar-refractivity contribution in [3.63, 3.8) is 0 Å². The van der Waals surface area contributed by atoms with Gasteiger partial charge in [-0.3, -0.25) is 4.79 Å². The van der Waals surface area contributed by atoms with Crippen LogP contribution in [-0.4, -0.2) is 37.1 Å². The first-order valence-corrected chi connectivity index (χ1v) is 8.52. The summed E-state index contributed by atoms with van der Waals surface area (Å²) >= 11 is 0. The lowest BCUT2D eigenvalue weighted by Gasteiger charge is -2.28. The average molecular weight is 299 g/mol. The summed E-state index contributed by atoms with van der Waals surface area (Å²) in [7, 11) is 0. The lowest BCUT2D eigenvalue weighted by atomic mass is 9.89. The number of hydrogen-bond acceptors (Lipinski definition) is 3. The number of ether oxygens (including phenoxy) is 1. The number of hydrogen-bond donors (Lipinski definition) is 0. The molecule has 0 saturated heterocycles. The van der Waals surface area contributed by atoms with E-state index in [0.717, 1.165) is 45.3 Å². The molecule has 0 aromatic rings. The monoisotopic (exact) mass is 299 g/mol. The highest BCUT2D eigenvalue weighted by atomic mass is 16.5. The second-order valence-electron chi connectivity index (χ2n) is 7.92. The maximum atomic E-state index is 12.2. The van der Waals surface area contributed by atoms with Crippen molar-refractivity contribution < 1.29 is 9.53 Å². The molecule has 0 atom stereocenters. The standard InChI is InChI=1S/C18H37NO2/c1-8-12-19(13-9-2)14-10-18(6,7)16(20)21-15-11-17(3,4)5/h8-15H2,1-7H3. The van der Waals surface area contributed by atoms with E-state index in [1.807, 2.05) is 13.8 Å². The van der Waals surface area contributed by atoms with Crippen molar-refractivity contribution in [2.24, 2.45) is 10.8 Å². The summed E-state index contributed by atoms with van der Waals surface area (Å²) in [4.78, 5) is 14.7. The van der Waals surface area contributed by atoms with Gasteiger partial charge in [-0.05, 0) is 64.6 Å². The molecule has 0 rings (SSSR count). The second kappa shape index (κ2) is 9.45. The summed E-state index contributed by atoms with van der Waals surface area (Å²) in [6.07, 6.45) is 4.10. The van der Waals surface area contributed by atoms with Crippen molar-refractivity contribution in [1.29, 1.82) is 0 Å². The molecule has 0 spiro atoms. The number of carbonyl (C=O) groups excluding carboxylic acids is 1. The van der Waals surface area contributed by atoms with Crippen molar-refractivity contribution in [2.75, 3.05) is 26.2 Å². The molecular formula is C18H37NO2. The summed E-state index contributed by atoms with van der Waals surface area (Å²) in [5, 5.41) is 0. The van der Waals surface area contributed by atoms with Crippen LogP contribution in [-0.2, 0) is 9.53 Å². The maximum absolute atomic E-state index is 12.2. The van der Waals surface area contributed by atoms with Gasteiger partial charge in [0.1, 0.15) is 0 Å². The van der Waals surface area contributed by atoms with Crippen LogP contribution in [0.5, 0.6) is 0 Å². The summed E-state index contributed by atoms with van der Waals surface area (Å²) < 4.78 is 5.48. The summed E-state index contributed by atoms with van der Waals surface area (Å²) in [6.45, 7) is 18.6. The maximum Gasteiger partial charge on any atom is 0.311 e. The molecular weight excluding hydrogens is 262 g/mol. The molecule has 0 amide bonds. The minimum Gasteiger partial charge on any atom is -0.465 e. The topological polar surface area (TPSA) is 29.5 Å². The van der Waals surface area contributed by atoms with Gasteiger partial charge in [0.05, 0.1) is 12.0 Å². The van der Waals surface area contributed by atoms with Gasteiger partial charge in [0, 0.05) is 0 Å². The van der Waals surface area contributed by atoms with Crippen LogP contribution in [0.15, 0.2) is 0 Å². The van der Waals surface area contributed by atoms with Gasteiger partial charge in [0.15, 0.2) is 0 Å². The first kappa shape index (κ1) is 20.4. The normalized spacial score (nSPS) is 12.8. The third-order valence-corrected chi connectivity index (χ3v) is 3.77. The van der Waals surface area contributed by atoms with Crippen LogP contribution in [0, 0.1) is 10.8 Å².